The quantitative estimate of drug-likeness (QED) is 0.384. The topological polar surface area (TPSA) is 69.0 Å². The van der Waals surface area contributed by atoms with Crippen LogP contribution in [0.1, 0.15) is 32.6 Å². The fraction of sp³-hybridized carbons (Fsp3) is 1.00. The maximum atomic E-state index is 9.86. The number of hydrogen-bond acceptors (Lipinski definition) is 2. The van der Waals surface area contributed by atoms with Crippen molar-refractivity contribution in [2.75, 3.05) is 6.54 Å². The van der Waals surface area contributed by atoms with Crippen molar-refractivity contribution >= 4 is 0 Å². The molecule has 0 saturated heterocycles. The van der Waals surface area contributed by atoms with E-state index in [0.29, 0.717) is 5.92 Å². The molecule has 1 fully saturated rings. The van der Waals surface area contributed by atoms with Crippen molar-refractivity contribution in [1.29, 1.82) is 0 Å². The molecule has 0 aromatic rings. The van der Waals surface area contributed by atoms with Gasteiger partial charge in [-0.3, -0.25) is 0 Å². The molecule has 0 bridgehead atoms. The molecule has 4 nitrogen and oxygen atoms in total. The van der Waals surface area contributed by atoms with Gasteiger partial charge in [-0.1, -0.05) is 12.0 Å². The third kappa shape index (κ3) is 2.40. The molecule has 0 heterocycles. The second-order valence-electron chi connectivity index (χ2n) is 3.80. The number of aliphatic hydroxyl groups is 1. The Balaban J connectivity index is 2.44. The number of hydrogen-bond donors (Lipinski definition) is 1. The fourth-order valence-corrected chi connectivity index (χ4v) is 1.62. The molecule has 1 aliphatic carbocycles. The molecule has 68 valence electrons. The molecule has 0 unspecified atom stereocenters. The van der Waals surface area contributed by atoms with Crippen molar-refractivity contribution in [1.82, 2.24) is 0 Å². The van der Waals surface area contributed by atoms with E-state index in [4.69, 9.17) is 5.53 Å². The third-order valence-corrected chi connectivity index (χ3v) is 2.63. The van der Waals surface area contributed by atoms with Crippen LogP contribution in [-0.4, -0.2) is 17.3 Å². The first-order valence-electron chi connectivity index (χ1n) is 4.39. The van der Waals surface area contributed by atoms with E-state index in [1.54, 1.807) is 0 Å². The Kier molecular flexibility index (Phi) is 2.95. The monoisotopic (exact) mass is 169 g/mol. The second kappa shape index (κ2) is 3.78. The zero-order valence-corrected chi connectivity index (χ0v) is 7.40. The summed E-state index contributed by atoms with van der Waals surface area (Å²) >= 11 is 0. The zero-order chi connectivity index (χ0) is 9.03. The van der Waals surface area contributed by atoms with Crippen molar-refractivity contribution < 1.29 is 5.11 Å². The molecule has 12 heavy (non-hydrogen) atoms. The minimum absolute atomic E-state index is 0.232. The van der Waals surface area contributed by atoms with Crippen molar-refractivity contribution in [3.05, 3.63) is 10.4 Å². The largest absolute Gasteiger partial charge is 0.390 e. The van der Waals surface area contributed by atoms with Gasteiger partial charge in [-0.25, -0.2) is 0 Å². The van der Waals surface area contributed by atoms with Gasteiger partial charge in [0.15, 0.2) is 0 Å². The third-order valence-electron chi connectivity index (χ3n) is 2.63. The van der Waals surface area contributed by atoms with Crippen LogP contribution in [0, 0.1) is 5.92 Å². The summed E-state index contributed by atoms with van der Waals surface area (Å²) in [7, 11) is 0. The first kappa shape index (κ1) is 9.36. The highest BCUT2D eigenvalue weighted by Gasteiger charge is 2.30. The Hall–Kier alpha value is -0.730. The van der Waals surface area contributed by atoms with Gasteiger partial charge in [-0.2, -0.15) is 0 Å². The van der Waals surface area contributed by atoms with E-state index in [1.165, 1.54) is 0 Å². The van der Waals surface area contributed by atoms with Crippen LogP contribution in [0.5, 0.6) is 0 Å². The summed E-state index contributed by atoms with van der Waals surface area (Å²) in [6.07, 6.45) is 3.62. The molecule has 0 spiro atoms. The van der Waals surface area contributed by atoms with E-state index in [9.17, 15) is 5.11 Å². The molecule has 1 rings (SSSR count). The predicted octanol–water partition coefficient (Wildman–Crippen LogP) is 2.24. The van der Waals surface area contributed by atoms with Crippen LogP contribution >= 0.6 is 0 Å². The predicted molar refractivity (Wildman–Crippen MR) is 46.6 cm³/mol. The first-order chi connectivity index (χ1) is 5.66. The average molecular weight is 169 g/mol. The average Bonchev–Trinajstić information content (AvgIpc) is 2.08. The van der Waals surface area contributed by atoms with Crippen LogP contribution in [0.2, 0.25) is 0 Å². The van der Waals surface area contributed by atoms with Crippen LogP contribution < -0.4 is 0 Å². The fourth-order valence-electron chi connectivity index (χ4n) is 1.62. The molecule has 0 aliphatic heterocycles. The molecule has 1 saturated carbocycles. The molecule has 0 atom stereocenters. The highest BCUT2D eigenvalue weighted by Crippen LogP contribution is 2.31. The Labute approximate surface area is 72.2 Å². The van der Waals surface area contributed by atoms with Crippen molar-refractivity contribution in [2.45, 2.75) is 38.2 Å². The van der Waals surface area contributed by atoms with Crippen LogP contribution in [0.15, 0.2) is 5.11 Å². The number of nitrogens with zero attached hydrogens (tertiary/aromatic N) is 3. The van der Waals surface area contributed by atoms with E-state index < -0.39 is 5.60 Å². The number of azide groups is 1. The Bertz CT molecular complexity index is 190. The van der Waals surface area contributed by atoms with Gasteiger partial charge in [0.1, 0.15) is 0 Å². The van der Waals surface area contributed by atoms with Gasteiger partial charge < -0.3 is 5.11 Å². The minimum Gasteiger partial charge on any atom is -0.390 e. The lowest BCUT2D eigenvalue weighted by Gasteiger charge is -2.33. The van der Waals surface area contributed by atoms with E-state index in [1.807, 2.05) is 0 Å². The molecular weight excluding hydrogens is 154 g/mol. The second-order valence-corrected chi connectivity index (χ2v) is 3.80. The molecule has 1 aliphatic rings. The highest BCUT2D eigenvalue weighted by molar-refractivity contribution is 4.86. The van der Waals surface area contributed by atoms with E-state index in [2.05, 4.69) is 16.9 Å². The maximum absolute atomic E-state index is 9.86. The smallest absolute Gasteiger partial charge is 0.0704 e. The van der Waals surface area contributed by atoms with Gasteiger partial charge in [0.25, 0.3) is 0 Å². The summed E-state index contributed by atoms with van der Waals surface area (Å²) in [6.45, 7) is 2.42. The zero-order valence-electron chi connectivity index (χ0n) is 7.40. The lowest BCUT2D eigenvalue weighted by Crippen LogP contribution is -2.36. The summed E-state index contributed by atoms with van der Waals surface area (Å²) in [6, 6.07) is 0. The van der Waals surface area contributed by atoms with Gasteiger partial charge in [0.05, 0.1) is 12.1 Å². The van der Waals surface area contributed by atoms with Crippen molar-refractivity contribution in [3.8, 4) is 0 Å². The number of rotatable bonds is 2. The molecule has 0 aromatic heterocycles. The van der Waals surface area contributed by atoms with Crippen molar-refractivity contribution in [2.24, 2.45) is 11.0 Å². The summed E-state index contributed by atoms with van der Waals surface area (Å²) in [5.74, 6) is 0.705. The van der Waals surface area contributed by atoms with Gasteiger partial charge in [0.2, 0.25) is 0 Å². The van der Waals surface area contributed by atoms with E-state index in [0.717, 1.165) is 25.7 Å². The van der Waals surface area contributed by atoms with Crippen LogP contribution in [0.25, 0.3) is 10.4 Å². The van der Waals surface area contributed by atoms with E-state index >= 15 is 0 Å². The molecule has 0 amide bonds. The molecule has 1 N–H and O–H groups in total. The van der Waals surface area contributed by atoms with Crippen LogP contribution in [-0.2, 0) is 0 Å². The lowest BCUT2D eigenvalue weighted by molar-refractivity contribution is 0.00140. The Morgan fingerprint density at radius 1 is 1.58 bits per heavy atom. The molecule has 0 aromatic carbocycles. The highest BCUT2D eigenvalue weighted by atomic mass is 16.3. The van der Waals surface area contributed by atoms with Gasteiger partial charge >= 0.3 is 0 Å². The molecule has 0 radical (unpaired) electrons. The standard InChI is InChI=1S/C8H15N3O/c1-7-2-4-8(12,5-3-7)6-10-11-9/h7,12H,2-6H2,1H3. The van der Waals surface area contributed by atoms with E-state index in [-0.39, 0.29) is 6.54 Å². The van der Waals surface area contributed by atoms with Gasteiger partial charge in [-0.05, 0) is 37.1 Å². The normalized spacial score (nSPS) is 35.7. The summed E-state index contributed by atoms with van der Waals surface area (Å²) in [4.78, 5) is 2.66. The summed E-state index contributed by atoms with van der Waals surface area (Å²) in [5, 5.41) is 13.3. The SMILES string of the molecule is CC1CCC(O)(CN=[N+]=[N-])CC1. The van der Waals surface area contributed by atoms with Crippen LogP contribution in [0.3, 0.4) is 0 Å². The van der Waals surface area contributed by atoms with Gasteiger partial charge in [-0.15, -0.1) is 0 Å². The molecular formula is C8H15N3O. The Morgan fingerprint density at radius 2 is 2.17 bits per heavy atom. The Morgan fingerprint density at radius 3 is 2.67 bits per heavy atom. The summed E-state index contributed by atoms with van der Waals surface area (Å²) < 4.78 is 0. The minimum atomic E-state index is -0.710. The maximum Gasteiger partial charge on any atom is 0.0704 e. The van der Waals surface area contributed by atoms with Crippen molar-refractivity contribution in [3.63, 3.8) is 0 Å². The molecule has 4 heteroatoms. The first-order valence-corrected chi connectivity index (χ1v) is 4.39. The van der Waals surface area contributed by atoms with Gasteiger partial charge in [0, 0.05) is 4.91 Å². The lowest BCUT2D eigenvalue weighted by atomic mass is 9.80. The summed E-state index contributed by atoms with van der Waals surface area (Å²) in [5.41, 5.74) is 7.40. The van der Waals surface area contributed by atoms with Crippen LogP contribution in [0.4, 0.5) is 0 Å².